The first-order valence-corrected chi connectivity index (χ1v) is 13.3. The molecule has 0 bridgehead atoms. The van der Waals surface area contributed by atoms with Gasteiger partial charge in [-0.15, -0.1) is 11.3 Å². The molecule has 2 aliphatic heterocycles. The van der Waals surface area contributed by atoms with Crippen LogP contribution in [0, 0.1) is 0 Å². The smallest absolute Gasteiger partial charge is 0.341 e. The zero-order valence-electron chi connectivity index (χ0n) is 21.9. The molecule has 198 valence electrons. The molecule has 2 aliphatic rings. The monoisotopic (exact) mass is 533 g/mol. The largest absolute Gasteiger partial charge is 0.497 e. The summed E-state index contributed by atoms with van der Waals surface area (Å²) in [7, 11) is 1.62. The third kappa shape index (κ3) is 4.79. The number of carbonyl (C=O) groups is 3. The third-order valence-electron chi connectivity index (χ3n) is 6.80. The number of ether oxygens (including phenoxy) is 2. The summed E-state index contributed by atoms with van der Waals surface area (Å²) in [5.74, 6) is -0.376. The molecule has 0 radical (unpaired) electrons. The fraction of sp³-hybridized carbons (Fsp3) is 0.345. The number of thiophene rings is 1. The first kappa shape index (κ1) is 25.9. The van der Waals surface area contributed by atoms with Crippen molar-refractivity contribution in [1.82, 2.24) is 9.80 Å². The zero-order valence-corrected chi connectivity index (χ0v) is 22.8. The van der Waals surface area contributed by atoms with Crippen molar-refractivity contribution >= 4 is 34.1 Å². The van der Waals surface area contributed by atoms with Crippen molar-refractivity contribution in [3.8, 4) is 5.75 Å². The Hall–Kier alpha value is -3.69. The van der Waals surface area contributed by atoms with Gasteiger partial charge in [0.05, 0.1) is 19.2 Å². The van der Waals surface area contributed by atoms with Crippen LogP contribution in [-0.2, 0) is 29.0 Å². The van der Waals surface area contributed by atoms with Gasteiger partial charge in [0.1, 0.15) is 22.4 Å². The van der Waals surface area contributed by atoms with Crippen LogP contribution in [0.15, 0.2) is 48.5 Å². The molecule has 1 atom stereocenters. The van der Waals surface area contributed by atoms with Crippen molar-refractivity contribution in [2.24, 2.45) is 0 Å². The van der Waals surface area contributed by atoms with Crippen LogP contribution in [0.2, 0.25) is 0 Å². The number of nitrogens with two attached hydrogens (primary N) is 1. The summed E-state index contributed by atoms with van der Waals surface area (Å²) in [6.07, 6.45) is 0.533. The van der Waals surface area contributed by atoms with E-state index in [1.165, 1.54) is 16.2 Å². The number of hydrogen-bond acceptors (Lipinski definition) is 8. The molecule has 2 aromatic carbocycles. The van der Waals surface area contributed by atoms with E-state index in [0.29, 0.717) is 40.5 Å². The highest BCUT2D eigenvalue weighted by atomic mass is 32.1. The Balaban J connectivity index is 1.53. The maximum absolute atomic E-state index is 14.2. The predicted octanol–water partition coefficient (Wildman–Crippen LogP) is 4.58. The predicted molar refractivity (Wildman–Crippen MR) is 145 cm³/mol. The Morgan fingerprint density at radius 1 is 1.11 bits per heavy atom. The number of methoxy groups -OCH3 is 1. The maximum atomic E-state index is 14.2. The Labute approximate surface area is 225 Å². The van der Waals surface area contributed by atoms with Gasteiger partial charge < -0.3 is 15.2 Å². The topological polar surface area (TPSA) is 102 Å². The lowest BCUT2D eigenvalue weighted by Crippen LogP contribution is -2.45. The van der Waals surface area contributed by atoms with E-state index in [1.807, 2.05) is 36.4 Å². The molecule has 2 amide bonds. The third-order valence-corrected chi connectivity index (χ3v) is 7.91. The van der Waals surface area contributed by atoms with Gasteiger partial charge in [-0.05, 0) is 62.1 Å². The molecule has 8 nitrogen and oxygen atoms in total. The minimum atomic E-state index is -0.761. The number of benzene rings is 2. The summed E-state index contributed by atoms with van der Waals surface area (Å²) < 4.78 is 10.9. The van der Waals surface area contributed by atoms with E-state index >= 15 is 0 Å². The molecule has 38 heavy (non-hydrogen) atoms. The quantitative estimate of drug-likeness (QED) is 0.378. The van der Waals surface area contributed by atoms with E-state index in [0.717, 1.165) is 22.4 Å². The van der Waals surface area contributed by atoms with Crippen molar-refractivity contribution in [2.45, 2.75) is 51.9 Å². The molecule has 3 aromatic rings. The first-order valence-electron chi connectivity index (χ1n) is 12.5. The highest BCUT2D eigenvalue weighted by molar-refractivity contribution is 7.16. The highest BCUT2D eigenvalue weighted by Crippen LogP contribution is 2.44. The Bertz CT molecular complexity index is 1410. The van der Waals surface area contributed by atoms with Crippen LogP contribution in [-0.4, -0.2) is 46.8 Å². The van der Waals surface area contributed by atoms with Crippen molar-refractivity contribution < 1.29 is 23.9 Å². The second-order valence-corrected chi connectivity index (χ2v) is 11.6. The van der Waals surface area contributed by atoms with E-state index in [1.54, 1.807) is 40.0 Å². The molecule has 9 heteroatoms. The molecule has 3 heterocycles. The van der Waals surface area contributed by atoms with Gasteiger partial charge in [0.15, 0.2) is 0 Å². The van der Waals surface area contributed by atoms with Gasteiger partial charge in [-0.25, -0.2) is 4.79 Å². The van der Waals surface area contributed by atoms with Crippen LogP contribution in [0.5, 0.6) is 5.75 Å². The van der Waals surface area contributed by atoms with E-state index in [2.05, 4.69) is 4.90 Å². The number of rotatable bonds is 5. The van der Waals surface area contributed by atoms with Crippen molar-refractivity contribution in [2.75, 3.05) is 19.4 Å². The lowest BCUT2D eigenvalue weighted by molar-refractivity contribution is -0.135. The van der Waals surface area contributed by atoms with E-state index < -0.39 is 17.6 Å². The lowest BCUT2D eigenvalue weighted by atomic mass is 9.95. The molecule has 5 rings (SSSR count). The van der Waals surface area contributed by atoms with Crippen LogP contribution in [0.1, 0.15) is 69.1 Å². The number of imide groups is 1. The fourth-order valence-corrected chi connectivity index (χ4v) is 6.29. The van der Waals surface area contributed by atoms with Crippen LogP contribution in [0.3, 0.4) is 0 Å². The minimum absolute atomic E-state index is 0.218. The molecular formula is C29H31N3O5S. The number of anilines is 1. The average Bonchev–Trinajstić information content (AvgIpc) is 3.39. The maximum Gasteiger partial charge on any atom is 0.341 e. The first-order chi connectivity index (χ1) is 18.1. The number of nitrogens with zero attached hydrogens (tertiary/aromatic N) is 2. The Kier molecular flexibility index (Phi) is 6.75. The van der Waals surface area contributed by atoms with Gasteiger partial charge in [-0.2, -0.15) is 0 Å². The van der Waals surface area contributed by atoms with E-state index in [9.17, 15) is 14.4 Å². The summed E-state index contributed by atoms with van der Waals surface area (Å²) in [4.78, 5) is 44.6. The van der Waals surface area contributed by atoms with Gasteiger partial charge in [0.25, 0.3) is 11.8 Å². The summed E-state index contributed by atoms with van der Waals surface area (Å²) in [6, 6.07) is 14.2. The van der Waals surface area contributed by atoms with Gasteiger partial charge in [-0.3, -0.25) is 19.4 Å². The molecular weight excluding hydrogens is 502 g/mol. The summed E-state index contributed by atoms with van der Waals surface area (Å²) in [5.41, 5.74) is 9.12. The minimum Gasteiger partial charge on any atom is -0.497 e. The molecule has 0 saturated heterocycles. The number of hydrogen-bond donors (Lipinski definition) is 1. The number of fused-ring (bicyclic) bond motifs is 2. The number of nitrogen functional groups attached to an aromatic ring is 1. The summed E-state index contributed by atoms with van der Waals surface area (Å²) >= 11 is 1.23. The SMILES string of the molecule is COc1ccc(CN2CCc3c(sc(N)c3C(=O)OC(C)(C)C)C2C(=O)N2Cc3ccccc3C2=O)cc1. The summed E-state index contributed by atoms with van der Waals surface area (Å²) in [5, 5.41) is 0.324. The standard InChI is InChI=1S/C29H31N3O5S/c1-29(2,3)37-28(35)22-21-13-14-31(15-17-9-11-19(36-4)12-10-17)23(24(21)38-25(22)30)27(34)32-16-18-7-5-6-8-20(18)26(32)33/h5-12,23H,13-16,30H2,1-4H3. The molecule has 1 aromatic heterocycles. The van der Waals surface area contributed by atoms with Crippen LogP contribution < -0.4 is 10.5 Å². The van der Waals surface area contributed by atoms with Crippen molar-refractivity contribution in [3.63, 3.8) is 0 Å². The molecule has 2 N–H and O–H groups in total. The Morgan fingerprint density at radius 2 is 1.82 bits per heavy atom. The lowest BCUT2D eigenvalue weighted by Gasteiger charge is -2.36. The Morgan fingerprint density at radius 3 is 2.47 bits per heavy atom. The van der Waals surface area contributed by atoms with E-state index in [4.69, 9.17) is 15.2 Å². The van der Waals surface area contributed by atoms with Gasteiger partial charge in [0.2, 0.25) is 0 Å². The normalized spacial score (nSPS) is 17.2. The average molecular weight is 534 g/mol. The van der Waals surface area contributed by atoms with Crippen molar-refractivity contribution in [3.05, 3.63) is 81.2 Å². The molecule has 1 unspecified atom stereocenters. The molecule has 0 fully saturated rings. The van der Waals surface area contributed by atoms with Gasteiger partial charge in [0, 0.05) is 23.5 Å². The van der Waals surface area contributed by atoms with Crippen molar-refractivity contribution in [1.29, 1.82) is 0 Å². The van der Waals surface area contributed by atoms with Gasteiger partial charge >= 0.3 is 5.97 Å². The second-order valence-electron chi connectivity index (χ2n) is 10.5. The zero-order chi connectivity index (χ0) is 27.2. The van der Waals surface area contributed by atoms with Crippen LogP contribution in [0.25, 0.3) is 0 Å². The second kappa shape index (κ2) is 9.89. The number of esters is 1. The van der Waals surface area contributed by atoms with Crippen LogP contribution in [0.4, 0.5) is 5.00 Å². The fourth-order valence-electron chi connectivity index (χ4n) is 5.06. The summed E-state index contributed by atoms with van der Waals surface area (Å²) in [6.45, 7) is 6.62. The molecule has 0 saturated carbocycles. The number of carbonyl (C=O) groups excluding carboxylic acids is 3. The molecule has 0 spiro atoms. The van der Waals surface area contributed by atoms with Crippen LogP contribution >= 0.6 is 11.3 Å². The van der Waals surface area contributed by atoms with Gasteiger partial charge in [-0.1, -0.05) is 30.3 Å². The highest BCUT2D eigenvalue weighted by Gasteiger charge is 2.43. The molecule has 0 aliphatic carbocycles. The number of amides is 2. The van der Waals surface area contributed by atoms with E-state index in [-0.39, 0.29) is 18.4 Å².